The molecule has 1 fully saturated rings. The summed E-state index contributed by atoms with van der Waals surface area (Å²) in [7, 11) is 1.51. The van der Waals surface area contributed by atoms with E-state index in [1.54, 1.807) is 26.0 Å². The average Bonchev–Trinajstić information content (AvgIpc) is 3.55. The minimum Gasteiger partial charge on any atom is -0.480 e. The zero-order chi connectivity index (χ0) is 30.0. The normalized spacial score (nSPS) is 17.1. The van der Waals surface area contributed by atoms with E-state index in [4.69, 9.17) is 8.85 Å². The largest absolute Gasteiger partial charge is 0.480 e. The molecule has 6 rings (SSSR count). The Balaban J connectivity index is 1.38. The number of fused-ring (bicyclic) bond motifs is 1. The molecular formula is C27H29F3N8O. The Morgan fingerprint density at radius 1 is 1.15 bits per heavy atom. The van der Waals surface area contributed by atoms with Crippen molar-refractivity contribution in [3.63, 3.8) is 0 Å². The van der Waals surface area contributed by atoms with Gasteiger partial charge in [0.05, 0.1) is 18.4 Å². The number of halogens is 3. The van der Waals surface area contributed by atoms with Crippen molar-refractivity contribution in [3.8, 4) is 28.5 Å². The summed E-state index contributed by atoms with van der Waals surface area (Å²) < 4.78 is 72.7. The van der Waals surface area contributed by atoms with Crippen LogP contribution in [0.4, 0.5) is 19.0 Å². The number of nitrogens with zero attached hydrogens (tertiary/aromatic N) is 8. The van der Waals surface area contributed by atoms with Gasteiger partial charge in [-0.2, -0.15) is 18.3 Å². The number of hydrogen-bond acceptors (Lipinski definition) is 7. The van der Waals surface area contributed by atoms with Gasteiger partial charge in [-0.3, -0.25) is 4.68 Å². The Hall–Kier alpha value is -3.96. The van der Waals surface area contributed by atoms with Crippen LogP contribution in [-0.2, 0) is 26.1 Å². The predicted molar refractivity (Wildman–Crippen MR) is 138 cm³/mol. The molecule has 12 heteroatoms. The molecule has 0 aromatic carbocycles. The van der Waals surface area contributed by atoms with Crippen LogP contribution >= 0.6 is 0 Å². The minimum atomic E-state index is -4.56. The average molecular weight is 542 g/mol. The number of anilines is 1. The summed E-state index contributed by atoms with van der Waals surface area (Å²) in [5.41, 5.74) is 2.69. The minimum absolute atomic E-state index is 0.183. The van der Waals surface area contributed by atoms with Crippen molar-refractivity contribution < 1.29 is 22.0 Å². The fourth-order valence-corrected chi connectivity index (χ4v) is 5.08. The summed E-state index contributed by atoms with van der Waals surface area (Å²) >= 11 is 0. The van der Waals surface area contributed by atoms with Crippen LogP contribution in [0.3, 0.4) is 0 Å². The topological polar surface area (TPSA) is 86.8 Å². The van der Waals surface area contributed by atoms with Crippen LogP contribution in [-0.4, -0.2) is 47.9 Å². The third-order valence-electron chi connectivity index (χ3n) is 7.20. The van der Waals surface area contributed by atoms with E-state index in [0.717, 1.165) is 35.0 Å². The van der Waals surface area contributed by atoms with Gasteiger partial charge in [0.1, 0.15) is 23.7 Å². The molecule has 4 aromatic heterocycles. The molecule has 1 aliphatic carbocycles. The van der Waals surface area contributed by atoms with E-state index in [0.29, 0.717) is 53.7 Å². The summed E-state index contributed by atoms with van der Waals surface area (Å²) in [6.45, 7) is 1.87. The van der Waals surface area contributed by atoms with Crippen molar-refractivity contribution in [2.75, 3.05) is 18.6 Å². The van der Waals surface area contributed by atoms with E-state index in [-0.39, 0.29) is 17.8 Å². The SMILES string of the molecule is [2H]C([2H])([2H])n1nc(-c2c(OC)ncnc2C2CC2)c2c1CCN(c1ccc(-c3nc(C(F)(F)F)cn3C(C)C)cn1)C2. The molecule has 0 unspecified atom stereocenters. The molecule has 0 bridgehead atoms. The highest BCUT2D eigenvalue weighted by Crippen LogP contribution is 2.46. The zero-order valence-corrected chi connectivity index (χ0v) is 21.7. The highest BCUT2D eigenvalue weighted by molar-refractivity contribution is 5.73. The molecule has 5 heterocycles. The Morgan fingerprint density at radius 2 is 1.97 bits per heavy atom. The van der Waals surface area contributed by atoms with Crippen molar-refractivity contribution in [3.05, 3.63) is 53.5 Å². The van der Waals surface area contributed by atoms with Crippen LogP contribution in [0.2, 0.25) is 0 Å². The van der Waals surface area contributed by atoms with Crippen LogP contribution < -0.4 is 9.64 Å². The molecule has 1 aliphatic heterocycles. The molecule has 2 aliphatic rings. The zero-order valence-electron chi connectivity index (χ0n) is 24.7. The fraction of sp³-hybridized carbons (Fsp3) is 0.444. The Morgan fingerprint density at radius 3 is 2.62 bits per heavy atom. The monoisotopic (exact) mass is 541 g/mol. The first-order chi connectivity index (χ1) is 19.9. The number of pyridine rings is 1. The predicted octanol–water partition coefficient (Wildman–Crippen LogP) is 5.18. The van der Waals surface area contributed by atoms with Crippen molar-refractivity contribution in [1.82, 2.24) is 34.3 Å². The summed E-state index contributed by atoms with van der Waals surface area (Å²) in [5, 5.41) is 4.59. The molecule has 4 aromatic rings. The second-order valence-electron chi connectivity index (χ2n) is 10.1. The lowest BCUT2D eigenvalue weighted by Crippen LogP contribution is -2.31. The van der Waals surface area contributed by atoms with Gasteiger partial charge in [-0.1, -0.05) is 0 Å². The second-order valence-corrected chi connectivity index (χ2v) is 10.1. The fourth-order valence-electron chi connectivity index (χ4n) is 5.08. The Bertz CT molecular complexity index is 1630. The van der Waals surface area contributed by atoms with Crippen molar-refractivity contribution >= 4 is 5.82 Å². The lowest BCUT2D eigenvalue weighted by molar-refractivity contribution is -0.140. The van der Waals surface area contributed by atoms with Gasteiger partial charge in [0.25, 0.3) is 0 Å². The first kappa shape index (κ1) is 21.9. The summed E-state index contributed by atoms with van der Waals surface area (Å²) in [5.74, 6) is 1.34. The van der Waals surface area contributed by atoms with Crippen molar-refractivity contribution in [2.24, 2.45) is 6.98 Å². The Kier molecular flexibility index (Phi) is 5.25. The van der Waals surface area contributed by atoms with E-state index >= 15 is 0 Å². The van der Waals surface area contributed by atoms with Crippen molar-refractivity contribution in [2.45, 2.75) is 57.8 Å². The second kappa shape index (κ2) is 9.35. The van der Waals surface area contributed by atoms with E-state index < -0.39 is 18.8 Å². The standard InChI is InChI=1S/C27H29F3N8O/c1-15(2)38-13-20(27(28,29)30)34-25(38)17-7-8-21(31-11-17)37-10-9-19-18(12-37)24(35-36(19)3)22-23(16-5-6-16)32-14-33-26(22)39-4/h7-8,11,13-16H,5-6,9-10,12H2,1-4H3/i3D3. The number of ether oxygens (including phenoxy) is 1. The van der Waals surface area contributed by atoms with Crippen molar-refractivity contribution in [1.29, 1.82) is 0 Å². The molecule has 204 valence electrons. The van der Waals surface area contributed by atoms with E-state index in [2.05, 4.69) is 25.0 Å². The highest BCUT2D eigenvalue weighted by Gasteiger charge is 2.36. The number of aryl methyl sites for hydroxylation is 1. The number of aromatic nitrogens is 7. The smallest absolute Gasteiger partial charge is 0.434 e. The van der Waals surface area contributed by atoms with Crippen LogP contribution in [0, 0.1) is 0 Å². The number of methoxy groups -OCH3 is 1. The maximum atomic E-state index is 13.4. The van der Waals surface area contributed by atoms with E-state index in [9.17, 15) is 13.2 Å². The molecule has 0 saturated heterocycles. The van der Waals surface area contributed by atoms with Gasteiger partial charge in [0, 0.05) is 71.8 Å². The third kappa shape index (κ3) is 4.51. The van der Waals surface area contributed by atoms with Gasteiger partial charge >= 0.3 is 6.18 Å². The molecule has 0 atom stereocenters. The van der Waals surface area contributed by atoms with Crippen LogP contribution in [0.1, 0.15) is 65.4 Å². The first-order valence-corrected chi connectivity index (χ1v) is 12.7. The van der Waals surface area contributed by atoms with Crippen LogP contribution in [0.5, 0.6) is 5.88 Å². The van der Waals surface area contributed by atoms with E-state index in [1.165, 1.54) is 24.2 Å². The molecule has 0 amide bonds. The maximum Gasteiger partial charge on any atom is 0.434 e. The highest BCUT2D eigenvalue weighted by atomic mass is 19.4. The van der Waals surface area contributed by atoms with Gasteiger partial charge in [-0.25, -0.2) is 19.9 Å². The molecule has 1 saturated carbocycles. The summed E-state index contributed by atoms with van der Waals surface area (Å²) in [6.07, 6.45) is 1.75. The molecule has 0 radical (unpaired) electrons. The van der Waals surface area contributed by atoms with Gasteiger partial charge in [0.15, 0.2) is 5.69 Å². The van der Waals surface area contributed by atoms with Gasteiger partial charge in [0.2, 0.25) is 5.88 Å². The maximum absolute atomic E-state index is 13.4. The lowest BCUT2D eigenvalue weighted by atomic mass is 9.99. The number of imidazole rings is 1. The lowest BCUT2D eigenvalue weighted by Gasteiger charge is -2.29. The van der Waals surface area contributed by atoms with Gasteiger partial charge < -0.3 is 14.2 Å². The van der Waals surface area contributed by atoms with Crippen LogP contribution in [0.15, 0.2) is 30.9 Å². The Labute approximate surface area is 227 Å². The summed E-state index contributed by atoms with van der Waals surface area (Å²) in [6, 6.07) is 3.20. The van der Waals surface area contributed by atoms with Gasteiger partial charge in [-0.05, 0) is 38.8 Å². The molecule has 9 nitrogen and oxygen atoms in total. The summed E-state index contributed by atoms with van der Waals surface area (Å²) in [4.78, 5) is 19.2. The molecule has 0 N–H and O–H groups in total. The van der Waals surface area contributed by atoms with Crippen LogP contribution in [0.25, 0.3) is 22.6 Å². The number of rotatable bonds is 6. The molecular weight excluding hydrogens is 509 g/mol. The van der Waals surface area contributed by atoms with E-state index in [1.807, 2.05) is 4.90 Å². The quantitative estimate of drug-likeness (QED) is 0.332. The molecule has 39 heavy (non-hydrogen) atoms. The number of hydrogen-bond donors (Lipinski definition) is 0. The first-order valence-electron chi connectivity index (χ1n) is 14.2. The van der Waals surface area contributed by atoms with Gasteiger partial charge in [-0.15, -0.1) is 0 Å². The third-order valence-corrected chi connectivity index (χ3v) is 7.20. The molecule has 0 spiro atoms. The number of alkyl halides is 3.